The zero-order chi connectivity index (χ0) is 19.5. The molecule has 2 aromatic carbocycles. The molecule has 0 aromatic heterocycles. The van der Waals surface area contributed by atoms with Gasteiger partial charge >= 0.3 is 11.9 Å². The minimum Gasteiger partial charge on any atom is -0.480 e. The molecule has 0 aliphatic heterocycles. The standard InChI is InChI=1S/C17H17NO7S/c1-10-2-8-13(9-3-10)26(24,25)18-14(17(22)23)15(19)11-4-6-12(7-5-11)16(20)21/h2-9,14-15,18-19H,1H3,(H,20,21)(H,22,23)/t14-,15+/m0/s1. The number of aliphatic carboxylic acids is 1. The van der Waals surface area contributed by atoms with Crippen LogP contribution in [0, 0.1) is 6.92 Å². The van der Waals surface area contributed by atoms with Gasteiger partial charge in [0.05, 0.1) is 10.5 Å². The van der Waals surface area contributed by atoms with Crippen molar-refractivity contribution in [3.8, 4) is 0 Å². The molecule has 0 unspecified atom stereocenters. The maximum Gasteiger partial charge on any atom is 0.335 e. The first-order chi connectivity index (χ1) is 12.1. The van der Waals surface area contributed by atoms with Gasteiger partial charge in [0.15, 0.2) is 0 Å². The van der Waals surface area contributed by atoms with Crippen LogP contribution >= 0.6 is 0 Å². The molecule has 0 aliphatic rings. The Morgan fingerprint density at radius 3 is 1.96 bits per heavy atom. The molecule has 2 aromatic rings. The van der Waals surface area contributed by atoms with Crippen LogP contribution in [0.5, 0.6) is 0 Å². The van der Waals surface area contributed by atoms with Gasteiger partial charge in [-0.1, -0.05) is 29.8 Å². The van der Waals surface area contributed by atoms with Crippen LogP contribution in [0.4, 0.5) is 0 Å². The summed E-state index contributed by atoms with van der Waals surface area (Å²) >= 11 is 0. The Kier molecular flexibility index (Phi) is 5.76. The van der Waals surface area contributed by atoms with Crippen LogP contribution < -0.4 is 4.72 Å². The monoisotopic (exact) mass is 379 g/mol. The second kappa shape index (κ2) is 7.65. The van der Waals surface area contributed by atoms with E-state index in [1.807, 2.05) is 4.72 Å². The molecular weight excluding hydrogens is 362 g/mol. The lowest BCUT2D eigenvalue weighted by atomic mass is 10.0. The Morgan fingerprint density at radius 1 is 0.962 bits per heavy atom. The maximum atomic E-state index is 12.4. The number of rotatable bonds is 7. The van der Waals surface area contributed by atoms with E-state index in [9.17, 15) is 28.2 Å². The highest BCUT2D eigenvalue weighted by atomic mass is 32.2. The van der Waals surface area contributed by atoms with E-state index in [0.717, 1.165) is 5.56 Å². The van der Waals surface area contributed by atoms with Crippen molar-refractivity contribution < 1.29 is 33.3 Å². The Bertz CT molecular complexity index is 905. The molecule has 0 amide bonds. The molecule has 0 saturated carbocycles. The van der Waals surface area contributed by atoms with Gasteiger partial charge in [-0.15, -0.1) is 0 Å². The third-order valence-electron chi connectivity index (χ3n) is 3.69. The number of carboxylic acid groups (broad SMARTS) is 2. The molecular formula is C17H17NO7S. The van der Waals surface area contributed by atoms with E-state index in [-0.39, 0.29) is 16.0 Å². The van der Waals surface area contributed by atoms with Gasteiger partial charge in [0.25, 0.3) is 0 Å². The molecule has 138 valence electrons. The molecule has 9 heteroatoms. The molecule has 4 N–H and O–H groups in total. The molecule has 0 saturated heterocycles. The average molecular weight is 379 g/mol. The number of aromatic carboxylic acids is 1. The van der Waals surface area contributed by atoms with Crippen molar-refractivity contribution >= 4 is 22.0 Å². The molecule has 0 bridgehead atoms. The van der Waals surface area contributed by atoms with Crippen molar-refractivity contribution in [1.82, 2.24) is 4.72 Å². The van der Waals surface area contributed by atoms with E-state index < -0.39 is 34.1 Å². The minimum atomic E-state index is -4.18. The van der Waals surface area contributed by atoms with E-state index in [1.54, 1.807) is 19.1 Å². The number of aryl methyl sites for hydroxylation is 1. The van der Waals surface area contributed by atoms with E-state index in [1.165, 1.54) is 36.4 Å². The van der Waals surface area contributed by atoms with Gasteiger partial charge in [-0.05, 0) is 36.8 Å². The van der Waals surface area contributed by atoms with Crippen molar-refractivity contribution in [2.45, 2.75) is 24.0 Å². The number of hydrogen-bond donors (Lipinski definition) is 4. The first kappa shape index (κ1) is 19.6. The Morgan fingerprint density at radius 2 is 1.50 bits per heavy atom. The van der Waals surface area contributed by atoms with Crippen LogP contribution in [-0.4, -0.2) is 41.7 Å². The lowest BCUT2D eigenvalue weighted by molar-refractivity contribution is -0.142. The van der Waals surface area contributed by atoms with E-state index >= 15 is 0 Å². The van der Waals surface area contributed by atoms with E-state index in [0.29, 0.717) is 0 Å². The molecule has 2 atom stereocenters. The van der Waals surface area contributed by atoms with Crippen LogP contribution in [0.2, 0.25) is 0 Å². The van der Waals surface area contributed by atoms with Gasteiger partial charge in [-0.2, -0.15) is 4.72 Å². The second-order valence-electron chi connectivity index (χ2n) is 5.62. The largest absolute Gasteiger partial charge is 0.480 e. The Balaban J connectivity index is 2.29. The van der Waals surface area contributed by atoms with Gasteiger partial charge in [0, 0.05) is 0 Å². The van der Waals surface area contributed by atoms with E-state index in [4.69, 9.17) is 5.11 Å². The lowest BCUT2D eigenvalue weighted by Gasteiger charge is -2.21. The summed E-state index contributed by atoms with van der Waals surface area (Å²) in [5.41, 5.74) is 0.847. The first-order valence-electron chi connectivity index (χ1n) is 7.45. The van der Waals surface area contributed by atoms with Crippen LogP contribution in [0.15, 0.2) is 53.4 Å². The van der Waals surface area contributed by atoms with Crippen molar-refractivity contribution in [1.29, 1.82) is 0 Å². The molecule has 8 nitrogen and oxygen atoms in total. The van der Waals surface area contributed by atoms with Gasteiger partial charge < -0.3 is 15.3 Å². The van der Waals surface area contributed by atoms with Crippen molar-refractivity contribution in [2.75, 3.05) is 0 Å². The summed E-state index contributed by atoms with van der Waals surface area (Å²) in [5.74, 6) is -2.75. The molecule has 26 heavy (non-hydrogen) atoms. The highest BCUT2D eigenvalue weighted by molar-refractivity contribution is 7.89. The maximum absolute atomic E-state index is 12.4. The predicted octanol–water partition coefficient (Wildman–Crippen LogP) is 1.16. The van der Waals surface area contributed by atoms with Crippen LogP contribution in [0.25, 0.3) is 0 Å². The lowest BCUT2D eigenvalue weighted by Crippen LogP contribution is -2.44. The molecule has 0 spiro atoms. The van der Waals surface area contributed by atoms with Gasteiger partial charge in [0.2, 0.25) is 10.0 Å². The fraction of sp³-hybridized carbons (Fsp3) is 0.176. The third kappa shape index (κ3) is 4.45. The molecule has 0 radical (unpaired) electrons. The molecule has 0 aliphatic carbocycles. The van der Waals surface area contributed by atoms with Crippen LogP contribution in [0.3, 0.4) is 0 Å². The minimum absolute atomic E-state index is 0.0481. The van der Waals surface area contributed by atoms with Gasteiger partial charge in [-0.3, -0.25) is 4.79 Å². The number of hydrogen-bond acceptors (Lipinski definition) is 5. The number of benzene rings is 2. The fourth-order valence-corrected chi connectivity index (χ4v) is 3.41. The predicted molar refractivity (Wildman–Crippen MR) is 91.3 cm³/mol. The molecule has 0 fully saturated rings. The SMILES string of the molecule is Cc1ccc(S(=O)(=O)N[C@H](C(=O)O)[C@H](O)c2ccc(C(=O)O)cc2)cc1. The number of sulfonamides is 1. The smallest absolute Gasteiger partial charge is 0.335 e. The zero-order valence-corrected chi connectivity index (χ0v) is 14.5. The fourth-order valence-electron chi connectivity index (χ4n) is 2.22. The summed E-state index contributed by atoms with van der Waals surface area (Å²) in [6.07, 6.45) is -1.71. The third-order valence-corrected chi connectivity index (χ3v) is 5.15. The number of carbonyl (C=O) groups is 2. The normalized spacial score (nSPS) is 13.8. The number of nitrogens with one attached hydrogen (secondary N) is 1. The summed E-state index contributed by atoms with van der Waals surface area (Å²) in [6, 6.07) is 8.75. The zero-order valence-electron chi connectivity index (χ0n) is 13.7. The van der Waals surface area contributed by atoms with E-state index in [2.05, 4.69) is 0 Å². The van der Waals surface area contributed by atoms with Gasteiger partial charge in [0.1, 0.15) is 12.1 Å². The second-order valence-corrected chi connectivity index (χ2v) is 7.34. The Labute approximate surface area is 149 Å². The highest BCUT2D eigenvalue weighted by Crippen LogP contribution is 2.20. The molecule has 0 heterocycles. The van der Waals surface area contributed by atoms with Crippen LogP contribution in [-0.2, 0) is 14.8 Å². The summed E-state index contributed by atoms with van der Waals surface area (Å²) in [5, 5.41) is 28.5. The Hall–Kier alpha value is -2.75. The first-order valence-corrected chi connectivity index (χ1v) is 8.93. The van der Waals surface area contributed by atoms with Crippen LogP contribution in [0.1, 0.15) is 27.6 Å². The van der Waals surface area contributed by atoms with Crippen molar-refractivity contribution in [3.05, 3.63) is 65.2 Å². The molecule has 2 rings (SSSR count). The topological polar surface area (TPSA) is 141 Å². The summed E-state index contributed by atoms with van der Waals surface area (Å²) in [7, 11) is -4.18. The van der Waals surface area contributed by atoms with Crippen molar-refractivity contribution in [2.24, 2.45) is 0 Å². The average Bonchev–Trinajstić information content (AvgIpc) is 2.59. The highest BCUT2D eigenvalue weighted by Gasteiger charge is 2.32. The van der Waals surface area contributed by atoms with Gasteiger partial charge in [-0.25, -0.2) is 13.2 Å². The van der Waals surface area contributed by atoms with Crippen molar-refractivity contribution in [3.63, 3.8) is 0 Å². The summed E-state index contributed by atoms with van der Waals surface area (Å²) in [6.45, 7) is 1.77. The quantitative estimate of drug-likeness (QED) is 0.565. The summed E-state index contributed by atoms with van der Waals surface area (Å²) in [4.78, 5) is 22.2. The summed E-state index contributed by atoms with van der Waals surface area (Å²) < 4.78 is 26.7. The number of carboxylic acids is 2. The number of aliphatic hydroxyl groups excluding tert-OH is 1. The number of aliphatic hydroxyl groups is 1.